The average Bonchev–Trinajstić information content (AvgIpc) is 3.09. The van der Waals surface area contributed by atoms with E-state index in [2.05, 4.69) is 28.1 Å². The molecule has 1 fully saturated rings. The Morgan fingerprint density at radius 3 is 3.11 bits per heavy atom. The Labute approximate surface area is 160 Å². The summed E-state index contributed by atoms with van der Waals surface area (Å²) in [7, 11) is 0. The molecule has 2 aliphatic heterocycles. The summed E-state index contributed by atoms with van der Waals surface area (Å²) in [5.41, 5.74) is 3.65. The Morgan fingerprint density at radius 2 is 2.22 bits per heavy atom. The number of fused-ring (bicyclic) bond motifs is 1. The second-order valence-corrected chi connectivity index (χ2v) is 7.51. The molecule has 2 aromatic rings. The van der Waals surface area contributed by atoms with Crippen molar-refractivity contribution in [3.05, 3.63) is 47.3 Å². The Balaban J connectivity index is 1.39. The number of benzene rings is 1. The lowest BCUT2D eigenvalue weighted by molar-refractivity contribution is -0.133. The number of nitrogens with zero attached hydrogens (tertiary/aromatic N) is 3. The molecule has 0 unspecified atom stereocenters. The number of carbonyl (C=O) groups is 1. The standard InChI is InChI=1S/C21H28N4O2/c1-2-16-12-22-23-21(16)18-7-5-9-25(14-18)20(26)15-24-10-11-27-19-8-4-3-6-17(19)13-24/h3-4,6,8,12,18H,2,5,7,9-11,13-15H2,1H3,(H,22,23)/t18-/m1/s1. The van der Waals surface area contributed by atoms with Crippen LogP contribution in [0.3, 0.4) is 0 Å². The SMILES string of the molecule is CCc1cn[nH]c1[C@@H]1CCCN(C(=O)CN2CCOc3ccccc3C2)C1. The first-order valence-electron chi connectivity index (χ1n) is 9.97. The van der Waals surface area contributed by atoms with Gasteiger partial charge in [0.05, 0.1) is 12.7 Å². The van der Waals surface area contributed by atoms with Gasteiger partial charge in [-0.1, -0.05) is 25.1 Å². The number of carbonyl (C=O) groups excluding carboxylic acids is 1. The van der Waals surface area contributed by atoms with Gasteiger partial charge in [0, 0.05) is 43.4 Å². The van der Waals surface area contributed by atoms with Gasteiger partial charge >= 0.3 is 0 Å². The van der Waals surface area contributed by atoms with Crippen molar-refractivity contribution in [2.45, 2.75) is 38.6 Å². The molecule has 1 aromatic carbocycles. The van der Waals surface area contributed by atoms with Gasteiger partial charge in [-0.3, -0.25) is 14.8 Å². The van der Waals surface area contributed by atoms with E-state index in [9.17, 15) is 4.79 Å². The molecular formula is C21H28N4O2. The molecule has 3 heterocycles. The Kier molecular flexibility index (Phi) is 5.43. The van der Waals surface area contributed by atoms with E-state index >= 15 is 0 Å². The minimum Gasteiger partial charge on any atom is -0.492 e. The minimum absolute atomic E-state index is 0.219. The van der Waals surface area contributed by atoms with Gasteiger partial charge < -0.3 is 9.64 Å². The van der Waals surface area contributed by atoms with Crippen LogP contribution >= 0.6 is 0 Å². The maximum Gasteiger partial charge on any atom is 0.236 e. The summed E-state index contributed by atoms with van der Waals surface area (Å²) in [5, 5.41) is 7.38. The second-order valence-electron chi connectivity index (χ2n) is 7.51. The van der Waals surface area contributed by atoms with Crippen molar-refractivity contribution in [2.24, 2.45) is 0 Å². The monoisotopic (exact) mass is 368 g/mol. The van der Waals surface area contributed by atoms with Crippen molar-refractivity contribution in [3.8, 4) is 5.75 Å². The summed E-state index contributed by atoms with van der Waals surface area (Å²) >= 11 is 0. The normalized spacial score (nSPS) is 20.6. The third kappa shape index (κ3) is 4.00. The Hall–Kier alpha value is -2.34. The lowest BCUT2D eigenvalue weighted by atomic mass is 9.92. The van der Waals surface area contributed by atoms with Crippen LogP contribution in [0.1, 0.15) is 42.5 Å². The second kappa shape index (κ2) is 8.13. The lowest BCUT2D eigenvalue weighted by Crippen LogP contribution is -2.45. The van der Waals surface area contributed by atoms with Crippen molar-refractivity contribution >= 4 is 5.91 Å². The zero-order valence-corrected chi connectivity index (χ0v) is 16.0. The van der Waals surface area contributed by atoms with E-state index < -0.39 is 0 Å². The molecule has 1 N–H and O–H groups in total. The Morgan fingerprint density at radius 1 is 1.33 bits per heavy atom. The number of H-pyrrole nitrogens is 1. The van der Waals surface area contributed by atoms with Crippen molar-refractivity contribution in [1.29, 1.82) is 0 Å². The third-order valence-corrected chi connectivity index (χ3v) is 5.71. The van der Waals surface area contributed by atoms with Crippen molar-refractivity contribution in [3.63, 3.8) is 0 Å². The van der Waals surface area contributed by atoms with Crippen LogP contribution in [0.4, 0.5) is 0 Å². The summed E-state index contributed by atoms with van der Waals surface area (Å²) in [5.74, 6) is 1.53. The zero-order chi connectivity index (χ0) is 18.6. The number of likely N-dealkylation sites (tertiary alicyclic amines) is 1. The fourth-order valence-electron chi connectivity index (χ4n) is 4.20. The number of hydrogen-bond donors (Lipinski definition) is 1. The van der Waals surface area contributed by atoms with Crippen LogP contribution < -0.4 is 4.74 Å². The highest BCUT2D eigenvalue weighted by Crippen LogP contribution is 2.28. The van der Waals surface area contributed by atoms with Crippen molar-refractivity contribution < 1.29 is 9.53 Å². The topological polar surface area (TPSA) is 61.5 Å². The number of hydrogen-bond acceptors (Lipinski definition) is 4. The number of rotatable bonds is 4. The molecule has 6 heteroatoms. The van der Waals surface area contributed by atoms with Crippen LogP contribution in [0, 0.1) is 0 Å². The lowest BCUT2D eigenvalue weighted by Gasteiger charge is -2.34. The van der Waals surface area contributed by atoms with Crippen LogP contribution in [-0.2, 0) is 17.8 Å². The quantitative estimate of drug-likeness (QED) is 0.901. The van der Waals surface area contributed by atoms with E-state index in [4.69, 9.17) is 4.74 Å². The number of amides is 1. The van der Waals surface area contributed by atoms with Crippen LogP contribution in [0.25, 0.3) is 0 Å². The molecular weight excluding hydrogens is 340 g/mol. The summed E-state index contributed by atoms with van der Waals surface area (Å²) < 4.78 is 5.82. The number of nitrogens with one attached hydrogen (secondary N) is 1. The number of ether oxygens (including phenoxy) is 1. The average molecular weight is 368 g/mol. The van der Waals surface area contributed by atoms with Gasteiger partial charge in [0.1, 0.15) is 12.4 Å². The first-order chi connectivity index (χ1) is 13.2. The molecule has 4 rings (SSSR count). The van der Waals surface area contributed by atoms with Gasteiger partial charge in [0.25, 0.3) is 0 Å². The molecule has 1 aromatic heterocycles. The number of aryl methyl sites for hydroxylation is 1. The molecule has 0 aliphatic carbocycles. The maximum atomic E-state index is 13.0. The van der Waals surface area contributed by atoms with Crippen LogP contribution in [0.15, 0.2) is 30.5 Å². The highest BCUT2D eigenvalue weighted by Gasteiger charge is 2.28. The summed E-state index contributed by atoms with van der Waals surface area (Å²) in [6.45, 7) is 6.41. The third-order valence-electron chi connectivity index (χ3n) is 5.71. The van der Waals surface area contributed by atoms with E-state index in [1.807, 2.05) is 29.3 Å². The van der Waals surface area contributed by atoms with Crippen molar-refractivity contribution in [1.82, 2.24) is 20.0 Å². The van der Waals surface area contributed by atoms with Gasteiger partial charge in [-0.25, -0.2) is 0 Å². The van der Waals surface area contributed by atoms with Gasteiger partial charge in [0.15, 0.2) is 0 Å². The minimum atomic E-state index is 0.219. The molecule has 2 aliphatic rings. The highest BCUT2D eigenvalue weighted by atomic mass is 16.5. The molecule has 1 saturated heterocycles. The molecule has 6 nitrogen and oxygen atoms in total. The smallest absolute Gasteiger partial charge is 0.236 e. The number of aromatic nitrogens is 2. The summed E-state index contributed by atoms with van der Waals surface area (Å²) in [4.78, 5) is 17.2. The predicted molar refractivity (Wildman–Crippen MR) is 104 cm³/mol. The van der Waals surface area contributed by atoms with Crippen LogP contribution in [0.5, 0.6) is 5.75 Å². The van der Waals surface area contributed by atoms with E-state index in [1.165, 1.54) is 11.3 Å². The van der Waals surface area contributed by atoms with Crippen molar-refractivity contribution in [2.75, 3.05) is 32.8 Å². The first-order valence-corrected chi connectivity index (χ1v) is 9.97. The van der Waals surface area contributed by atoms with Crippen LogP contribution in [-0.4, -0.2) is 58.7 Å². The molecule has 27 heavy (non-hydrogen) atoms. The Bertz CT molecular complexity index is 788. The molecule has 0 spiro atoms. The maximum absolute atomic E-state index is 13.0. The van der Waals surface area contributed by atoms with E-state index in [-0.39, 0.29) is 5.91 Å². The molecule has 0 bridgehead atoms. The van der Waals surface area contributed by atoms with E-state index in [0.717, 1.165) is 56.8 Å². The van der Waals surface area contributed by atoms with Gasteiger partial charge in [-0.2, -0.15) is 5.10 Å². The first kappa shape index (κ1) is 18.0. The van der Waals surface area contributed by atoms with E-state index in [1.54, 1.807) is 0 Å². The summed E-state index contributed by atoms with van der Waals surface area (Å²) in [6.07, 6.45) is 5.06. The molecule has 0 saturated carbocycles. The highest BCUT2D eigenvalue weighted by molar-refractivity contribution is 5.78. The largest absolute Gasteiger partial charge is 0.492 e. The fourth-order valence-corrected chi connectivity index (χ4v) is 4.20. The zero-order valence-electron chi connectivity index (χ0n) is 16.0. The van der Waals surface area contributed by atoms with Crippen LogP contribution in [0.2, 0.25) is 0 Å². The van der Waals surface area contributed by atoms with Gasteiger partial charge in [-0.15, -0.1) is 0 Å². The molecule has 1 atom stereocenters. The summed E-state index contributed by atoms with van der Waals surface area (Å²) in [6, 6.07) is 8.11. The molecule has 1 amide bonds. The molecule has 0 radical (unpaired) electrons. The van der Waals surface area contributed by atoms with E-state index in [0.29, 0.717) is 19.1 Å². The van der Waals surface area contributed by atoms with Gasteiger partial charge in [0.2, 0.25) is 5.91 Å². The number of piperidine rings is 1. The number of aromatic amines is 1. The molecule has 144 valence electrons. The predicted octanol–water partition coefficient (Wildman–Crippen LogP) is 2.57. The fraction of sp³-hybridized carbons (Fsp3) is 0.524. The van der Waals surface area contributed by atoms with Gasteiger partial charge in [-0.05, 0) is 30.9 Å². The number of para-hydroxylation sites is 1.